The molecule has 1 heterocycles. The summed E-state index contributed by atoms with van der Waals surface area (Å²) in [6.07, 6.45) is 0. The highest BCUT2D eigenvalue weighted by molar-refractivity contribution is 5.36. The molecule has 1 aromatic heterocycles. The monoisotopic (exact) mass is 277 g/mol. The Morgan fingerprint density at radius 1 is 1.10 bits per heavy atom. The molecule has 0 bridgehead atoms. The molecule has 0 amide bonds. The van der Waals surface area contributed by atoms with Crippen LogP contribution >= 0.6 is 0 Å². The van der Waals surface area contributed by atoms with Crippen LogP contribution in [-0.2, 0) is 6.54 Å². The Labute approximate surface area is 116 Å². The first-order valence-corrected chi connectivity index (χ1v) is 6.24. The van der Waals surface area contributed by atoms with E-state index in [4.69, 9.17) is 4.74 Å². The maximum absolute atomic E-state index is 13.5. The Morgan fingerprint density at radius 2 is 1.80 bits per heavy atom. The molecule has 2 N–H and O–H groups in total. The number of hydrogen-bond acceptors (Lipinski definition) is 6. The number of methoxy groups -OCH3 is 1. The van der Waals surface area contributed by atoms with Crippen LogP contribution < -0.4 is 15.4 Å². The van der Waals surface area contributed by atoms with E-state index in [2.05, 4.69) is 25.6 Å². The highest BCUT2D eigenvalue weighted by Gasteiger charge is 2.07. The van der Waals surface area contributed by atoms with Gasteiger partial charge in [0, 0.05) is 18.7 Å². The number of ether oxygens (including phenoxy) is 1. The summed E-state index contributed by atoms with van der Waals surface area (Å²) in [4.78, 5) is 12.3. The van der Waals surface area contributed by atoms with E-state index in [-0.39, 0.29) is 18.4 Å². The van der Waals surface area contributed by atoms with Crippen molar-refractivity contribution in [3.8, 4) is 6.01 Å². The second-order valence-corrected chi connectivity index (χ2v) is 3.94. The van der Waals surface area contributed by atoms with Crippen molar-refractivity contribution in [2.24, 2.45) is 0 Å². The minimum Gasteiger partial charge on any atom is -0.467 e. The van der Waals surface area contributed by atoms with Crippen molar-refractivity contribution in [1.82, 2.24) is 15.0 Å². The van der Waals surface area contributed by atoms with E-state index in [0.717, 1.165) is 0 Å². The van der Waals surface area contributed by atoms with Crippen LogP contribution in [0.3, 0.4) is 0 Å². The zero-order valence-corrected chi connectivity index (χ0v) is 11.4. The van der Waals surface area contributed by atoms with Gasteiger partial charge < -0.3 is 15.4 Å². The maximum Gasteiger partial charge on any atom is 0.322 e. The highest BCUT2D eigenvalue weighted by atomic mass is 19.1. The molecule has 0 aliphatic heterocycles. The maximum atomic E-state index is 13.5. The van der Waals surface area contributed by atoms with Crippen molar-refractivity contribution in [2.75, 3.05) is 24.3 Å². The molecule has 6 nitrogen and oxygen atoms in total. The first-order valence-electron chi connectivity index (χ1n) is 6.24. The van der Waals surface area contributed by atoms with Crippen molar-refractivity contribution in [3.63, 3.8) is 0 Å². The predicted octanol–water partition coefficient (Wildman–Crippen LogP) is 2.06. The summed E-state index contributed by atoms with van der Waals surface area (Å²) in [5.74, 6) is 0.472. The molecule has 1 aromatic carbocycles. The lowest BCUT2D eigenvalue weighted by Gasteiger charge is -2.09. The summed E-state index contributed by atoms with van der Waals surface area (Å²) in [5.41, 5.74) is 0.539. The lowest BCUT2D eigenvalue weighted by molar-refractivity contribution is 0.379. The fraction of sp³-hybridized carbons (Fsp3) is 0.308. The number of anilines is 2. The summed E-state index contributed by atoms with van der Waals surface area (Å²) < 4.78 is 18.5. The second kappa shape index (κ2) is 6.65. The van der Waals surface area contributed by atoms with Crippen LogP contribution in [0.1, 0.15) is 12.5 Å². The highest BCUT2D eigenvalue weighted by Crippen LogP contribution is 2.13. The molecule has 20 heavy (non-hydrogen) atoms. The van der Waals surface area contributed by atoms with Crippen LogP contribution in [0.2, 0.25) is 0 Å². The molecule has 0 aliphatic rings. The third kappa shape index (κ3) is 3.53. The van der Waals surface area contributed by atoms with E-state index in [1.807, 2.05) is 6.92 Å². The average Bonchev–Trinajstić information content (AvgIpc) is 2.46. The third-order valence-electron chi connectivity index (χ3n) is 2.53. The molecule has 0 radical (unpaired) electrons. The molecule has 7 heteroatoms. The SMILES string of the molecule is CCNc1nc(NCc2ccccc2F)nc(OC)n1. The molecule has 0 fully saturated rings. The number of halogens is 1. The summed E-state index contributed by atoms with van der Waals surface area (Å²) in [5, 5.41) is 5.93. The van der Waals surface area contributed by atoms with Gasteiger partial charge in [0.25, 0.3) is 0 Å². The number of benzene rings is 1. The summed E-state index contributed by atoms with van der Waals surface area (Å²) in [6.45, 7) is 2.90. The Bertz CT molecular complexity index is 578. The molecular formula is C13H16FN5O. The minimum atomic E-state index is -0.270. The number of rotatable bonds is 6. The fourth-order valence-corrected chi connectivity index (χ4v) is 1.58. The van der Waals surface area contributed by atoms with Gasteiger partial charge in [-0.15, -0.1) is 0 Å². The van der Waals surface area contributed by atoms with E-state index < -0.39 is 0 Å². The first kappa shape index (κ1) is 14.0. The normalized spacial score (nSPS) is 10.2. The molecule has 0 unspecified atom stereocenters. The van der Waals surface area contributed by atoms with Crippen molar-refractivity contribution >= 4 is 11.9 Å². The first-order chi connectivity index (χ1) is 9.72. The Balaban J connectivity index is 2.12. The quantitative estimate of drug-likeness (QED) is 0.842. The van der Waals surface area contributed by atoms with Crippen LogP contribution in [0, 0.1) is 5.82 Å². The molecular weight excluding hydrogens is 261 g/mol. The van der Waals surface area contributed by atoms with Crippen LogP contribution in [0.5, 0.6) is 6.01 Å². The lowest BCUT2D eigenvalue weighted by atomic mass is 10.2. The molecule has 0 spiro atoms. The molecule has 2 aromatic rings. The topological polar surface area (TPSA) is 72.0 Å². The number of hydrogen-bond donors (Lipinski definition) is 2. The van der Waals surface area contributed by atoms with Crippen LogP contribution in [0.25, 0.3) is 0 Å². The zero-order valence-electron chi connectivity index (χ0n) is 11.4. The molecule has 0 saturated carbocycles. The predicted molar refractivity (Wildman–Crippen MR) is 74.3 cm³/mol. The summed E-state index contributed by atoms with van der Waals surface area (Å²) in [6, 6.07) is 6.74. The number of nitrogens with one attached hydrogen (secondary N) is 2. The standard InChI is InChI=1S/C13H16FN5O/c1-3-15-11-17-12(19-13(18-11)20-2)16-8-9-6-4-5-7-10(9)14/h4-7H,3,8H2,1-2H3,(H2,15,16,17,18,19). The molecule has 0 saturated heterocycles. The van der Waals surface area contributed by atoms with Crippen LogP contribution in [0.4, 0.5) is 16.3 Å². The van der Waals surface area contributed by atoms with Crippen LogP contribution in [0.15, 0.2) is 24.3 Å². The van der Waals surface area contributed by atoms with Gasteiger partial charge >= 0.3 is 6.01 Å². The van der Waals surface area contributed by atoms with Crippen molar-refractivity contribution < 1.29 is 9.13 Å². The molecule has 2 rings (SSSR count). The average molecular weight is 277 g/mol. The minimum absolute atomic E-state index is 0.201. The van der Waals surface area contributed by atoms with Gasteiger partial charge in [-0.1, -0.05) is 18.2 Å². The van der Waals surface area contributed by atoms with Gasteiger partial charge in [0.1, 0.15) is 5.82 Å². The van der Waals surface area contributed by atoms with Gasteiger partial charge in [-0.25, -0.2) is 4.39 Å². The second-order valence-electron chi connectivity index (χ2n) is 3.94. The Hall–Kier alpha value is -2.44. The fourth-order valence-electron chi connectivity index (χ4n) is 1.58. The molecule has 106 valence electrons. The van der Waals surface area contributed by atoms with Crippen molar-refractivity contribution in [2.45, 2.75) is 13.5 Å². The van der Waals surface area contributed by atoms with Gasteiger partial charge in [0.15, 0.2) is 0 Å². The molecule has 0 aliphatic carbocycles. The van der Waals surface area contributed by atoms with E-state index in [0.29, 0.717) is 24.0 Å². The van der Waals surface area contributed by atoms with Gasteiger partial charge in [0.2, 0.25) is 11.9 Å². The number of nitrogens with zero attached hydrogens (tertiary/aromatic N) is 3. The number of aromatic nitrogens is 3. The van der Waals surface area contributed by atoms with Gasteiger partial charge in [-0.3, -0.25) is 0 Å². The van der Waals surface area contributed by atoms with Gasteiger partial charge in [-0.05, 0) is 13.0 Å². The van der Waals surface area contributed by atoms with Crippen molar-refractivity contribution in [1.29, 1.82) is 0 Å². The van der Waals surface area contributed by atoms with E-state index in [9.17, 15) is 4.39 Å². The Kier molecular flexibility index (Phi) is 4.65. The van der Waals surface area contributed by atoms with E-state index >= 15 is 0 Å². The third-order valence-corrected chi connectivity index (χ3v) is 2.53. The molecule has 0 atom stereocenters. The van der Waals surface area contributed by atoms with E-state index in [1.165, 1.54) is 13.2 Å². The Morgan fingerprint density at radius 3 is 2.45 bits per heavy atom. The largest absolute Gasteiger partial charge is 0.467 e. The van der Waals surface area contributed by atoms with Gasteiger partial charge in [-0.2, -0.15) is 15.0 Å². The summed E-state index contributed by atoms with van der Waals surface area (Å²) >= 11 is 0. The zero-order chi connectivity index (χ0) is 14.4. The van der Waals surface area contributed by atoms with Crippen molar-refractivity contribution in [3.05, 3.63) is 35.6 Å². The smallest absolute Gasteiger partial charge is 0.322 e. The van der Waals surface area contributed by atoms with Crippen LogP contribution in [-0.4, -0.2) is 28.6 Å². The van der Waals surface area contributed by atoms with E-state index in [1.54, 1.807) is 18.2 Å². The van der Waals surface area contributed by atoms with Gasteiger partial charge in [0.05, 0.1) is 7.11 Å². The lowest BCUT2D eigenvalue weighted by Crippen LogP contribution is -2.10. The summed E-state index contributed by atoms with van der Waals surface area (Å²) in [7, 11) is 1.48.